The van der Waals surface area contributed by atoms with Crippen LogP contribution in [0.5, 0.6) is 11.5 Å². The molecule has 0 bridgehead atoms. The van der Waals surface area contributed by atoms with Crippen LogP contribution in [0.25, 0.3) is 10.8 Å². The summed E-state index contributed by atoms with van der Waals surface area (Å²) in [7, 11) is 0. The Hall–Kier alpha value is -2.06. The van der Waals surface area contributed by atoms with Crippen LogP contribution in [-0.2, 0) is 6.54 Å². The van der Waals surface area contributed by atoms with Gasteiger partial charge in [0.25, 0.3) is 0 Å². The largest absolute Gasteiger partial charge is 0.486 e. The van der Waals surface area contributed by atoms with E-state index in [1.54, 1.807) is 29.7 Å². The smallest absolute Gasteiger partial charge is 0.179 e. The molecule has 2 N–H and O–H groups in total. The summed E-state index contributed by atoms with van der Waals surface area (Å²) < 4.78 is 16.4. The Bertz CT molecular complexity index is 881. The summed E-state index contributed by atoms with van der Waals surface area (Å²) in [5, 5.41) is 15.0. The number of aromatic nitrogens is 1. The molecule has 0 amide bonds. The van der Waals surface area contributed by atoms with Gasteiger partial charge in [0, 0.05) is 24.2 Å². The molecule has 0 aliphatic carbocycles. The first-order valence-corrected chi connectivity index (χ1v) is 9.36. The standard InChI is InChI=1S/C18H17ClN2O4S/c19-13-6-11(7-16-17(13)25-5-4-24-16)14(22)10-20-8-12-9-21-18(26-12)15-2-1-3-23-15/h1-3,6-7,9,14,20,22H,4-5,8,10H2. The van der Waals surface area contributed by atoms with Crippen LogP contribution in [-0.4, -0.2) is 29.8 Å². The van der Waals surface area contributed by atoms with Crippen molar-refractivity contribution in [2.75, 3.05) is 19.8 Å². The van der Waals surface area contributed by atoms with E-state index < -0.39 is 6.10 Å². The number of thiazole rings is 1. The highest BCUT2D eigenvalue weighted by molar-refractivity contribution is 7.14. The summed E-state index contributed by atoms with van der Waals surface area (Å²) in [5.74, 6) is 1.87. The molecule has 136 valence electrons. The predicted molar refractivity (Wildman–Crippen MR) is 98.9 cm³/mol. The molecule has 0 saturated carbocycles. The molecule has 1 unspecified atom stereocenters. The molecule has 1 aromatic carbocycles. The number of hydrogen-bond donors (Lipinski definition) is 2. The fraction of sp³-hybridized carbons (Fsp3) is 0.278. The van der Waals surface area contributed by atoms with E-state index in [1.165, 1.54) is 0 Å². The Morgan fingerprint density at radius 2 is 2.19 bits per heavy atom. The van der Waals surface area contributed by atoms with Crippen LogP contribution in [0.3, 0.4) is 0 Å². The van der Waals surface area contributed by atoms with Gasteiger partial charge in [-0.2, -0.15) is 0 Å². The van der Waals surface area contributed by atoms with Gasteiger partial charge in [-0.25, -0.2) is 4.98 Å². The number of aliphatic hydroxyl groups is 1. The quantitative estimate of drug-likeness (QED) is 0.666. The highest BCUT2D eigenvalue weighted by Crippen LogP contribution is 2.39. The number of hydrogen-bond acceptors (Lipinski definition) is 7. The van der Waals surface area contributed by atoms with E-state index in [1.807, 2.05) is 18.3 Å². The van der Waals surface area contributed by atoms with Crippen molar-refractivity contribution in [2.24, 2.45) is 0 Å². The summed E-state index contributed by atoms with van der Waals surface area (Å²) in [5.41, 5.74) is 0.687. The molecule has 4 rings (SSSR count). The molecule has 26 heavy (non-hydrogen) atoms. The van der Waals surface area contributed by atoms with Gasteiger partial charge in [-0.1, -0.05) is 11.6 Å². The second-order valence-electron chi connectivity index (χ2n) is 5.78. The van der Waals surface area contributed by atoms with Crippen LogP contribution in [0.1, 0.15) is 16.5 Å². The fourth-order valence-electron chi connectivity index (χ4n) is 2.68. The van der Waals surface area contributed by atoms with Crippen LogP contribution in [0.4, 0.5) is 0 Å². The number of aliphatic hydroxyl groups excluding tert-OH is 1. The summed E-state index contributed by atoms with van der Waals surface area (Å²) >= 11 is 7.77. The highest BCUT2D eigenvalue weighted by atomic mass is 35.5. The van der Waals surface area contributed by atoms with Gasteiger partial charge in [-0.05, 0) is 29.8 Å². The zero-order chi connectivity index (χ0) is 17.9. The van der Waals surface area contributed by atoms with Crippen molar-refractivity contribution < 1.29 is 19.0 Å². The molecule has 3 heterocycles. The number of fused-ring (bicyclic) bond motifs is 1. The van der Waals surface area contributed by atoms with Crippen molar-refractivity contribution in [3.05, 3.63) is 52.2 Å². The molecule has 8 heteroatoms. The maximum absolute atomic E-state index is 10.4. The number of benzene rings is 1. The summed E-state index contributed by atoms with van der Waals surface area (Å²) in [6, 6.07) is 7.20. The molecule has 2 aromatic heterocycles. The van der Waals surface area contributed by atoms with Gasteiger partial charge >= 0.3 is 0 Å². The zero-order valence-corrected chi connectivity index (χ0v) is 15.3. The van der Waals surface area contributed by atoms with Crippen molar-refractivity contribution in [3.63, 3.8) is 0 Å². The molecule has 0 saturated heterocycles. The molecule has 0 spiro atoms. The lowest BCUT2D eigenvalue weighted by Gasteiger charge is -2.21. The number of ether oxygens (including phenoxy) is 2. The molecule has 3 aromatic rings. The van der Waals surface area contributed by atoms with Crippen LogP contribution >= 0.6 is 22.9 Å². The van der Waals surface area contributed by atoms with Gasteiger partial charge in [0.15, 0.2) is 22.3 Å². The number of rotatable bonds is 6. The molecular formula is C18H17ClN2O4S. The summed E-state index contributed by atoms with van der Waals surface area (Å²) in [4.78, 5) is 5.41. The number of nitrogens with zero attached hydrogens (tertiary/aromatic N) is 1. The van der Waals surface area contributed by atoms with E-state index >= 15 is 0 Å². The first-order valence-electron chi connectivity index (χ1n) is 8.17. The first-order chi connectivity index (χ1) is 12.7. The Labute approximate surface area is 159 Å². The van der Waals surface area contributed by atoms with E-state index in [2.05, 4.69) is 10.3 Å². The van der Waals surface area contributed by atoms with Crippen molar-refractivity contribution in [3.8, 4) is 22.3 Å². The fourth-order valence-corrected chi connectivity index (χ4v) is 3.80. The maximum Gasteiger partial charge on any atom is 0.179 e. The van der Waals surface area contributed by atoms with Gasteiger partial charge in [0.2, 0.25) is 0 Å². The minimum absolute atomic E-state index is 0.379. The van der Waals surface area contributed by atoms with E-state index in [0.29, 0.717) is 48.4 Å². The van der Waals surface area contributed by atoms with E-state index in [4.69, 9.17) is 25.5 Å². The minimum atomic E-state index is -0.708. The maximum atomic E-state index is 10.4. The third-order valence-corrected chi connectivity index (χ3v) is 5.22. The first kappa shape index (κ1) is 17.4. The highest BCUT2D eigenvalue weighted by Gasteiger charge is 2.19. The Morgan fingerprint density at radius 3 is 3.04 bits per heavy atom. The Morgan fingerprint density at radius 1 is 1.31 bits per heavy atom. The normalized spacial score (nSPS) is 14.4. The van der Waals surface area contributed by atoms with Crippen molar-refractivity contribution in [1.29, 1.82) is 0 Å². The number of furan rings is 1. The summed E-state index contributed by atoms with van der Waals surface area (Å²) in [6.45, 7) is 1.94. The average molecular weight is 393 g/mol. The van der Waals surface area contributed by atoms with Crippen LogP contribution in [0.2, 0.25) is 5.02 Å². The van der Waals surface area contributed by atoms with E-state index in [9.17, 15) is 5.11 Å². The van der Waals surface area contributed by atoms with E-state index in [-0.39, 0.29) is 0 Å². The van der Waals surface area contributed by atoms with Gasteiger partial charge in [0.1, 0.15) is 13.2 Å². The number of nitrogens with one attached hydrogen (secondary N) is 1. The van der Waals surface area contributed by atoms with Crippen LogP contribution in [0, 0.1) is 0 Å². The lowest BCUT2D eigenvalue weighted by atomic mass is 10.1. The molecule has 0 radical (unpaired) electrons. The topological polar surface area (TPSA) is 76.8 Å². The molecule has 0 fully saturated rings. The Balaban J connectivity index is 1.36. The van der Waals surface area contributed by atoms with Crippen LogP contribution < -0.4 is 14.8 Å². The predicted octanol–water partition coefficient (Wildman–Crippen LogP) is 3.65. The molecule has 1 aliphatic heterocycles. The van der Waals surface area contributed by atoms with Gasteiger partial charge in [0.05, 0.1) is 17.4 Å². The van der Waals surface area contributed by atoms with Gasteiger partial charge in [-0.3, -0.25) is 0 Å². The van der Waals surface area contributed by atoms with Crippen LogP contribution in [0.15, 0.2) is 41.1 Å². The average Bonchev–Trinajstić information content (AvgIpc) is 3.33. The van der Waals surface area contributed by atoms with E-state index in [0.717, 1.165) is 15.6 Å². The second-order valence-corrected chi connectivity index (χ2v) is 7.31. The molecule has 6 nitrogen and oxygen atoms in total. The Kier molecular flexibility index (Phi) is 5.12. The monoisotopic (exact) mass is 392 g/mol. The van der Waals surface area contributed by atoms with Crippen molar-refractivity contribution >= 4 is 22.9 Å². The summed E-state index contributed by atoms with van der Waals surface area (Å²) in [6.07, 6.45) is 2.73. The molecule has 1 aliphatic rings. The minimum Gasteiger partial charge on any atom is -0.486 e. The van der Waals surface area contributed by atoms with Crippen molar-refractivity contribution in [1.82, 2.24) is 10.3 Å². The third-order valence-electron chi connectivity index (χ3n) is 3.93. The molecule has 1 atom stereocenters. The third kappa shape index (κ3) is 3.71. The second kappa shape index (κ2) is 7.67. The lowest BCUT2D eigenvalue weighted by molar-refractivity contribution is 0.163. The number of halogens is 1. The molecular weight excluding hydrogens is 376 g/mol. The lowest BCUT2D eigenvalue weighted by Crippen LogP contribution is -2.21. The SMILES string of the molecule is OC(CNCc1cnc(-c2ccco2)s1)c1cc(Cl)c2c(c1)OCCO2. The van der Waals surface area contributed by atoms with Gasteiger partial charge < -0.3 is 24.3 Å². The van der Waals surface area contributed by atoms with Crippen molar-refractivity contribution in [2.45, 2.75) is 12.6 Å². The van der Waals surface area contributed by atoms with Gasteiger partial charge in [-0.15, -0.1) is 11.3 Å². The zero-order valence-electron chi connectivity index (χ0n) is 13.8.